The molecule has 0 unspecified atom stereocenters. The van der Waals surface area contributed by atoms with E-state index in [1.165, 1.54) is 7.11 Å². The predicted molar refractivity (Wildman–Crippen MR) is 78.5 cm³/mol. The highest BCUT2D eigenvalue weighted by molar-refractivity contribution is 5.99. The van der Waals surface area contributed by atoms with Crippen molar-refractivity contribution in [2.24, 2.45) is 0 Å². The van der Waals surface area contributed by atoms with Gasteiger partial charge in [0.15, 0.2) is 0 Å². The second-order valence-corrected chi connectivity index (χ2v) is 4.43. The number of fused-ring (bicyclic) bond motifs is 1. The lowest BCUT2D eigenvalue weighted by atomic mass is 10.0. The van der Waals surface area contributed by atoms with Gasteiger partial charge in [-0.2, -0.15) is 0 Å². The quantitative estimate of drug-likeness (QED) is 0.662. The highest BCUT2D eigenvalue weighted by Crippen LogP contribution is 2.28. The molecule has 1 heterocycles. The van der Waals surface area contributed by atoms with Gasteiger partial charge in [0.1, 0.15) is 5.69 Å². The third kappa shape index (κ3) is 2.14. The number of rotatable bonds is 2. The zero-order chi connectivity index (χ0) is 13.9. The Morgan fingerprint density at radius 2 is 1.70 bits per heavy atom. The second kappa shape index (κ2) is 5.13. The van der Waals surface area contributed by atoms with Gasteiger partial charge >= 0.3 is 5.97 Å². The number of carbonyl (C=O) groups is 1. The molecule has 0 radical (unpaired) electrons. The van der Waals surface area contributed by atoms with Crippen molar-refractivity contribution >= 4 is 16.9 Å². The van der Waals surface area contributed by atoms with E-state index in [1.54, 1.807) is 6.07 Å². The molecule has 0 aliphatic heterocycles. The minimum atomic E-state index is -0.423. The molecule has 98 valence electrons. The third-order valence-corrected chi connectivity index (χ3v) is 3.20. The van der Waals surface area contributed by atoms with Crippen LogP contribution < -0.4 is 0 Å². The van der Waals surface area contributed by atoms with Gasteiger partial charge in [-0.25, -0.2) is 9.78 Å². The monoisotopic (exact) mass is 263 g/mol. The molecule has 0 saturated carbocycles. The van der Waals surface area contributed by atoms with Crippen molar-refractivity contribution in [3.8, 4) is 11.1 Å². The van der Waals surface area contributed by atoms with Crippen LogP contribution in [0.15, 0.2) is 60.7 Å². The molecule has 3 heteroatoms. The first-order valence-corrected chi connectivity index (χ1v) is 6.33. The van der Waals surface area contributed by atoms with Crippen LogP contribution in [0.25, 0.3) is 22.0 Å². The molecule has 0 N–H and O–H groups in total. The molecule has 2 aromatic carbocycles. The van der Waals surface area contributed by atoms with Crippen LogP contribution in [-0.2, 0) is 4.74 Å². The van der Waals surface area contributed by atoms with Gasteiger partial charge < -0.3 is 4.74 Å². The number of hydrogen-bond acceptors (Lipinski definition) is 3. The summed E-state index contributed by atoms with van der Waals surface area (Å²) in [5, 5.41) is 1.02. The number of nitrogens with zero attached hydrogens (tertiary/aromatic N) is 1. The first kappa shape index (κ1) is 12.4. The van der Waals surface area contributed by atoms with Crippen LogP contribution in [0, 0.1) is 0 Å². The lowest BCUT2D eigenvalue weighted by Crippen LogP contribution is -2.04. The summed E-state index contributed by atoms with van der Waals surface area (Å²) in [6.07, 6.45) is 0. The Bertz CT molecular complexity index is 766. The standard InChI is InChI=1S/C17H13NO2/c1-20-17(19)16-11-14(12-7-3-2-4-8-12)13-9-5-6-10-15(13)18-16/h2-11H,1H3. The zero-order valence-electron chi connectivity index (χ0n) is 11.0. The Morgan fingerprint density at radius 3 is 2.45 bits per heavy atom. The molecule has 0 amide bonds. The maximum Gasteiger partial charge on any atom is 0.356 e. The average Bonchev–Trinajstić information content (AvgIpc) is 2.54. The van der Waals surface area contributed by atoms with Crippen molar-refractivity contribution in [1.82, 2.24) is 4.98 Å². The fourth-order valence-corrected chi connectivity index (χ4v) is 2.24. The van der Waals surface area contributed by atoms with Gasteiger partial charge in [0, 0.05) is 5.39 Å². The van der Waals surface area contributed by atoms with Crippen molar-refractivity contribution < 1.29 is 9.53 Å². The number of benzene rings is 2. The van der Waals surface area contributed by atoms with Crippen LogP contribution in [0.1, 0.15) is 10.5 Å². The van der Waals surface area contributed by atoms with Crippen molar-refractivity contribution in [2.45, 2.75) is 0 Å². The first-order chi connectivity index (χ1) is 9.79. The summed E-state index contributed by atoms with van der Waals surface area (Å²) in [5.41, 5.74) is 3.15. The van der Waals surface area contributed by atoms with Crippen LogP contribution in [-0.4, -0.2) is 18.1 Å². The molecule has 0 aliphatic rings. The number of para-hydroxylation sites is 1. The maximum absolute atomic E-state index is 11.8. The van der Waals surface area contributed by atoms with Gasteiger partial charge in [-0.05, 0) is 23.3 Å². The largest absolute Gasteiger partial charge is 0.464 e. The summed E-state index contributed by atoms with van der Waals surface area (Å²) in [7, 11) is 1.36. The van der Waals surface area contributed by atoms with E-state index >= 15 is 0 Å². The lowest BCUT2D eigenvalue weighted by molar-refractivity contribution is 0.0594. The maximum atomic E-state index is 11.8. The van der Waals surface area contributed by atoms with Crippen LogP contribution in [0.5, 0.6) is 0 Å². The summed E-state index contributed by atoms with van der Waals surface area (Å²) in [6, 6.07) is 19.5. The van der Waals surface area contributed by atoms with E-state index in [0.29, 0.717) is 5.69 Å². The smallest absolute Gasteiger partial charge is 0.356 e. The predicted octanol–water partition coefficient (Wildman–Crippen LogP) is 3.69. The first-order valence-electron chi connectivity index (χ1n) is 6.33. The molecule has 0 spiro atoms. The molecule has 0 atom stereocenters. The van der Waals surface area contributed by atoms with Gasteiger partial charge in [0.2, 0.25) is 0 Å². The van der Waals surface area contributed by atoms with E-state index in [2.05, 4.69) is 4.98 Å². The number of esters is 1. The van der Waals surface area contributed by atoms with E-state index in [-0.39, 0.29) is 0 Å². The average molecular weight is 263 g/mol. The van der Waals surface area contributed by atoms with Crippen molar-refractivity contribution in [2.75, 3.05) is 7.11 Å². The van der Waals surface area contributed by atoms with Crippen molar-refractivity contribution in [3.63, 3.8) is 0 Å². The molecule has 0 fully saturated rings. The number of ether oxygens (including phenoxy) is 1. The fraction of sp³-hybridized carbons (Fsp3) is 0.0588. The van der Waals surface area contributed by atoms with E-state index in [0.717, 1.165) is 22.0 Å². The third-order valence-electron chi connectivity index (χ3n) is 3.20. The van der Waals surface area contributed by atoms with Crippen molar-refractivity contribution in [1.29, 1.82) is 0 Å². The van der Waals surface area contributed by atoms with Gasteiger partial charge in [0.25, 0.3) is 0 Å². The Balaban J connectivity index is 2.31. The van der Waals surface area contributed by atoms with Crippen LogP contribution >= 0.6 is 0 Å². The van der Waals surface area contributed by atoms with Crippen LogP contribution in [0.3, 0.4) is 0 Å². The van der Waals surface area contributed by atoms with E-state index < -0.39 is 5.97 Å². The summed E-state index contributed by atoms with van der Waals surface area (Å²) in [5.74, 6) is -0.423. The molecule has 20 heavy (non-hydrogen) atoms. The number of methoxy groups -OCH3 is 1. The molecule has 0 saturated heterocycles. The number of hydrogen-bond donors (Lipinski definition) is 0. The fourth-order valence-electron chi connectivity index (χ4n) is 2.24. The normalized spacial score (nSPS) is 10.4. The Kier molecular flexibility index (Phi) is 3.17. The molecule has 3 aromatic rings. The minimum absolute atomic E-state index is 0.324. The van der Waals surface area contributed by atoms with E-state index in [9.17, 15) is 4.79 Å². The van der Waals surface area contributed by atoms with Crippen LogP contribution in [0.2, 0.25) is 0 Å². The Hall–Kier alpha value is -2.68. The number of pyridine rings is 1. The number of carbonyl (C=O) groups excluding carboxylic acids is 1. The van der Waals surface area contributed by atoms with Crippen molar-refractivity contribution in [3.05, 3.63) is 66.4 Å². The molecule has 1 aromatic heterocycles. The Labute approximate surface area is 116 Å². The molecule has 0 aliphatic carbocycles. The molecule has 3 rings (SSSR count). The summed E-state index contributed by atoms with van der Waals surface area (Å²) in [6.45, 7) is 0. The summed E-state index contributed by atoms with van der Waals surface area (Å²) >= 11 is 0. The van der Waals surface area contributed by atoms with Crippen LogP contribution in [0.4, 0.5) is 0 Å². The molecular formula is C17H13NO2. The lowest BCUT2D eigenvalue weighted by Gasteiger charge is -2.09. The van der Waals surface area contributed by atoms with Gasteiger partial charge in [-0.1, -0.05) is 48.5 Å². The van der Waals surface area contributed by atoms with Gasteiger partial charge in [0.05, 0.1) is 12.6 Å². The Morgan fingerprint density at radius 1 is 1.00 bits per heavy atom. The van der Waals surface area contributed by atoms with E-state index in [4.69, 9.17) is 4.74 Å². The second-order valence-electron chi connectivity index (χ2n) is 4.43. The SMILES string of the molecule is COC(=O)c1cc(-c2ccccc2)c2ccccc2n1. The highest BCUT2D eigenvalue weighted by Gasteiger charge is 2.12. The zero-order valence-corrected chi connectivity index (χ0v) is 11.0. The van der Waals surface area contributed by atoms with E-state index in [1.807, 2.05) is 54.6 Å². The number of aromatic nitrogens is 1. The summed E-state index contributed by atoms with van der Waals surface area (Å²) < 4.78 is 4.77. The molecular weight excluding hydrogens is 250 g/mol. The minimum Gasteiger partial charge on any atom is -0.464 e. The molecule has 3 nitrogen and oxygen atoms in total. The van der Waals surface area contributed by atoms with Gasteiger partial charge in [-0.3, -0.25) is 0 Å². The molecule has 0 bridgehead atoms. The van der Waals surface area contributed by atoms with Gasteiger partial charge in [-0.15, -0.1) is 0 Å². The topological polar surface area (TPSA) is 39.2 Å². The summed E-state index contributed by atoms with van der Waals surface area (Å²) in [4.78, 5) is 16.1. The highest BCUT2D eigenvalue weighted by atomic mass is 16.5.